The summed E-state index contributed by atoms with van der Waals surface area (Å²) in [5, 5.41) is 8.24. The van der Waals surface area contributed by atoms with Crippen molar-refractivity contribution < 1.29 is 31.8 Å². The highest BCUT2D eigenvalue weighted by molar-refractivity contribution is 7.89. The zero-order chi connectivity index (χ0) is 22.6. The van der Waals surface area contributed by atoms with Gasteiger partial charge in [-0.2, -0.15) is 4.72 Å². The quantitative estimate of drug-likeness (QED) is 0.508. The normalized spacial score (nSPS) is 13.4. The lowest BCUT2D eigenvalue weighted by Gasteiger charge is -2.10. The van der Waals surface area contributed by atoms with Crippen molar-refractivity contribution in [3.05, 3.63) is 53.4 Å². The first kappa shape index (κ1) is 22.1. The van der Waals surface area contributed by atoms with Gasteiger partial charge >= 0.3 is 5.97 Å². The van der Waals surface area contributed by atoms with Crippen LogP contribution < -0.4 is 14.2 Å². The summed E-state index contributed by atoms with van der Waals surface area (Å²) >= 11 is 5.84. The number of nitrogens with zero attached hydrogens (tertiary/aromatic N) is 2. The van der Waals surface area contributed by atoms with E-state index in [0.717, 1.165) is 0 Å². The number of ether oxygens (including phenoxy) is 3. The number of halogens is 1. The van der Waals surface area contributed by atoms with E-state index in [2.05, 4.69) is 14.9 Å². The molecule has 2 heterocycles. The van der Waals surface area contributed by atoms with Crippen LogP contribution in [-0.2, 0) is 26.2 Å². The average Bonchev–Trinajstić information content (AvgIpc) is 3.13. The standard InChI is InChI=1S/C20H18ClN3O7S/c21-14-4-2-13(3-5-14)20-24-23-18(31-20)12-30-19(25)11-22-32(26,27)15-6-7-16-17(10-15)29-9-1-8-28-16/h2-7,10,22H,1,8-9,11-12H2. The van der Waals surface area contributed by atoms with Gasteiger partial charge in [-0.3, -0.25) is 4.79 Å². The highest BCUT2D eigenvalue weighted by Crippen LogP contribution is 2.31. The second kappa shape index (κ2) is 9.55. The summed E-state index contributed by atoms with van der Waals surface area (Å²) in [5.74, 6) is 0.297. The number of sulfonamides is 1. The molecular formula is C20H18ClN3O7S. The topological polar surface area (TPSA) is 130 Å². The minimum Gasteiger partial charge on any atom is -0.490 e. The van der Waals surface area contributed by atoms with E-state index < -0.39 is 22.5 Å². The number of hydrogen-bond acceptors (Lipinski definition) is 9. The Morgan fingerprint density at radius 1 is 1.06 bits per heavy atom. The number of fused-ring (bicyclic) bond motifs is 1. The van der Waals surface area contributed by atoms with Crippen LogP contribution >= 0.6 is 11.6 Å². The lowest BCUT2D eigenvalue weighted by molar-refractivity contribution is -0.144. The first-order valence-electron chi connectivity index (χ1n) is 9.54. The van der Waals surface area contributed by atoms with Crippen LogP contribution in [-0.4, -0.2) is 44.3 Å². The lowest BCUT2D eigenvalue weighted by atomic mass is 10.2. The van der Waals surface area contributed by atoms with E-state index in [9.17, 15) is 13.2 Å². The predicted octanol–water partition coefficient (Wildman–Crippen LogP) is 2.57. The Balaban J connectivity index is 1.31. The monoisotopic (exact) mass is 479 g/mol. The molecule has 0 unspecified atom stereocenters. The fraction of sp³-hybridized carbons (Fsp3) is 0.250. The molecular weight excluding hydrogens is 462 g/mol. The fourth-order valence-electron chi connectivity index (χ4n) is 2.76. The van der Waals surface area contributed by atoms with Crippen molar-refractivity contribution in [1.82, 2.24) is 14.9 Å². The molecule has 0 aliphatic carbocycles. The van der Waals surface area contributed by atoms with Gasteiger partial charge in [0, 0.05) is 23.1 Å². The van der Waals surface area contributed by atoms with Gasteiger partial charge in [-0.1, -0.05) is 11.6 Å². The Bertz CT molecular complexity index is 1210. The van der Waals surface area contributed by atoms with Gasteiger partial charge in [0.25, 0.3) is 5.89 Å². The number of esters is 1. The van der Waals surface area contributed by atoms with E-state index in [4.69, 9.17) is 30.2 Å². The van der Waals surface area contributed by atoms with Gasteiger partial charge in [-0.25, -0.2) is 8.42 Å². The minimum atomic E-state index is -3.97. The summed E-state index contributed by atoms with van der Waals surface area (Å²) in [4.78, 5) is 11.9. The maximum Gasteiger partial charge on any atom is 0.321 e. The molecule has 0 fully saturated rings. The predicted molar refractivity (Wildman–Crippen MR) is 112 cm³/mol. The number of hydrogen-bond donors (Lipinski definition) is 1. The van der Waals surface area contributed by atoms with Gasteiger partial charge in [-0.15, -0.1) is 10.2 Å². The molecule has 4 rings (SSSR count). The highest BCUT2D eigenvalue weighted by Gasteiger charge is 2.20. The molecule has 32 heavy (non-hydrogen) atoms. The van der Waals surface area contributed by atoms with Crippen molar-refractivity contribution in [2.45, 2.75) is 17.9 Å². The average molecular weight is 480 g/mol. The van der Waals surface area contributed by atoms with E-state index >= 15 is 0 Å². The van der Waals surface area contributed by atoms with Crippen molar-refractivity contribution in [3.8, 4) is 23.0 Å². The van der Waals surface area contributed by atoms with Gasteiger partial charge in [0.1, 0.15) is 6.54 Å². The van der Waals surface area contributed by atoms with Crippen molar-refractivity contribution in [1.29, 1.82) is 0 Å². The number of carbonyl (C=O) groups excluding carboxylic acids is 1. The molecule has 12 heteroatoms. The lowest BCUT2D eigenvalue weighted by Crippen LogP contribution is -2.30. The molecule has 1 aliphatic heterocycles. The SMILES string of the molecule is O=C(CNS(=O)(=O)c1ccc2c(c1)OCCCO2)OCc1nnc(-c2ccc(Cl)cc2)o1. The number of benzene rings is 2. The molecule has 168 valence electrons. The maximum atomic E-state index is 12.5. The second-order valence-corrected chi connectivity index (χ2v) is 8.86. The molecule has 1 aromatic heterocycles. The van der Waals surface area contributed by atoms with E-state index in [0.29, 0.717) is 41.7 Å². The Labute approximate surface area is 188 Å². The number of aromatic nitrogens is 2. The van der Waals surface area contributed by atoms with Crippen molar-refractivity contribution in [3.63, 3.8) is 0 Å². The van der Waals surface area contributed by atoms with Gasteiger partial charge in [0.15, 0.2) is 18.1 Å². The van der Waals surface area contributed by atoms with Crippen molar-refractivity contribution in [2.75, 3.05) is 19.8 Å². The third-order valence-electron chi connectivity index (χ3n) is 4.35. The zero-order valence-electron chi connectivity index (χ0n) is 16.6. The molecule has 1 N–H and O–H groups in total. The summed E-state index contributed by atoms with van der Waals surface area (Å²) in [5.41, 5.74) is 0.655. The largest absolute Gasteiger partial charge is 0.490 e. The Morgan fingerprint density at radius 3 is 2.59 bits per heavy atom. The Morgan fingerprint density at radius 2 is 1.81 bits per heavy atom. The van der Waals surface area contributed by atoms with E-state index in [1.165, 1.54) is 18.2 Å². The molecule has 10 nitrogen and oxygen atoms in total. The van der Waals surface area contributed by atoms with Gasteiger partial charge in [-0.05, 0) is 36.4 Å². The maximum absolute atomic E-state index is 12.5. The first-order chi connectivity index (χ1) is 15.4. The molecule has 2 aromatic carbocycles. The minimum absolute atomic E-state index is 0.0564. The van der Waals surface area contributed by atoms with Gasteiger partial charge < -0.3 is 18.6 Å². The van der Waals surface area contributed by atoms with E-state index in [1.54, 1.807) is 24.3 Å². The van der Waals surface area contributed by atoms with Crippen molar-refractivity contribution in [2.24, 2.45) is 0 Å². The number of nitrogens with one attached hydrogen (secondary N) is 1. The molecule has 0 amide bonds. The first-order valence-corrected chi connectivity index (χ1v) is 11.4. The van der Waals surface area contributed by atoms with Crippen LogP contribution in [0.5, 0.6) is 11.5 Å². The van der Waals surface area contributed by atoms with Gasteiger partial charge in [0.05, 0.1) is 18.1 Å². The third kappa shape index (κ3) is 5.36. The summed E-state index contributed by atoms with van der Waals surface area (Å²) in [6, 6.07) is 11.0. The molecule has 0 bridgehead atoms. The fourth-order valence-corrected chi connectivity index (χ4v) is 3.87. The Hall–Kier alpha value is -3.15. The summed E-state index contributed by atoms with van der Waals surface area (Å²) in [6.45, 7) is 0.0379. The van der Waals surface area contributed by atoms with Crippen molar-refractivity contribution >= 4 is 27.6 Å². The molecule has 1 aliphatic rings. The molecule has 0 atom stereocenters. The van der Waals surface area contributed by atoms with E-state index in [-0.39, 0.29) is 23.3 Å². The highest BCUT2D eigenvalue weighted by atomic mass is 35.5. The number of carbonyl (C=O) groups is 1. The summed E-state index contributed by atoms with van der Waals surface area (Å²) < 4.78 is 48.6. The van der Waals surface area contributed by atoms with Crippen LogP contribution in [0.4, 0.5) is 0 Å². The van der Waals surface area contributed by atoms with Crippen LogP contribution in [0.25, 0.3) is 11.5 Å². The van der Waals surface area contributed by atoms with Crippen LogP contribution in [0.2, 0.25) is 5.02 Å². The van der Waals surface area contributed by atoms with Crippen LogP contribution in [0, 0.1) is 0 Å². The zero-order valence-corrected chi connectivity index (χ0v) is 18.2. The van der Waals surface area contributed by atoms with Crippen LogP contribution in [0.3, 0.4) is 0 Å². The second-order valence-electron chi connectivity index (χ2n) is 6.65. The molecule has 0 radical (unpaired) electrons. The summed E-state index contributed by atoms with van der Waals surface area (Å²) in [6.07, 6.45) is 0.697. The Kier molecular flexibility index (Phi) is 6.58. The molecule has 0 saturated heterocycles. The molecule has 3 aromatic rings. The van der Waals surface area contributed by atoms with Crippen LogP contribution in [0.1, 0.15) is 12.3 Å². The molecule has 0 spiro atoms. The van der Waals surface area contributed by atoms with E-state index in [1.807, 2.05) is 0 Å². The third-order valence-corrected chi connectivity index (χ3v) is 6.00. The van der Waals surface area contributed by atoms with Gasteiger partial charge in [0.2, 0.25) is 15.9 Å². The summed E-state index contributed by atoms with van der Waals surface area (Å²) in [7, 11) is -3.97. The number of rotatable bonds is 7. The van der Waals surface area contributed by atoms with Crippen LogP contribution in [0.15, 0.2) is 51.8 Å². The smallest absolute Gasteiger partial charge is 0.321 e. The molecule has 0 saturated carbocycles.